The number of nitrogens with zero attached hydrogens (tertiary/aromatic N) is 6. The summed E-state index contributed by atoms with van der Waals surface area (Å²) < 4.78 is 164. The Morgan fingerprint density at radius 1 is 0.545 bits per heavy atom. The van der Waals surface area contributed by atoms with Gasteiger partial charge in [-0.05, 0) is 52.6 Å². The third kappa shape index (κ3) is 6.40. The van der Waals surface area contributed by atoms with E-state index in [1.54, 1.807) is 0 Å². The van der Waals surface area contributed by atoms with E-state index < -0.39 is 91.2 Å². The van der Waals surface area contributed by atoms with Crippen molar-refractivity contribution in [1.82, 2.24) is 9.97 Å². The van der Waals surface area contributed by atoms with Gasteiger partial charge in [-0.1, -0.05) is 0 Å². The standard InChI is InChI=1S/C26H6F12N6/c27-23(28,29)19-3-11(4-20(44-19)24(30,31)32)15-5-17(13(9-41)10-42)18(6-16(15)12(7-39)8-40)14-1-2-43-22(26(36,37)38)21(14)25(33,34)35/h1-6H. The fourth-order valence-corrected chi connectivity index (χ4v) is 3.93. The predicted octanol–water partition coefficient (Wildman–Crippen LogP) is 6.28. The molecule has 18 heteroatoms. The van der Waals surface area contributed by atoms with E-state index in [2.05, 4.69) is 9.97 Å². The van der Waals surface area contributed by atoms with Gasteiger partial charge in [0.25, 0.3) is 0 Å². The average molecular weight is 630 g/mol. The van der Waals surface area contributed by atoms with Crippen LogP contribution in [0, 0.1) is 45.3 Å². The van der Waals surface area contributed by atoms with Crippen LogP contribution >= 0.6 is 0 Å². The lowest BCUT2D eigenvalue weighted by atomic mass is 9.90. The summed E-state index contributed by atoms with van der Waals surface area (Å²) in [6, 6.07) is 6.17. The van der Waals surface area contributed by atoms with Gasteiger partial charge in [0.05, 0.1) is 5.56 Å². The lowest BCUT2D eigenvalue weighted by molar-refractivity contribution is -0.164. The van der Waals surface area contributed by atoms with Crippen molar-refractivity contribution in [3.05, 3.63) is 69.6 Å². The second kappa shape index (κ2) is 11.2. The molecule has 0 aliphatic carbocycles. The highest BCUT2D eigenvalue weighted by atomic mass is 19.4. The lowest BCUT2D eigenvalue weighted by Crippen LogP contribution is -2.24. The zero-order chi connectivity index (χ0) is 33.4. The van der Waals surface area contributed by atoms with E-state index in [4.69, 9.17) is 0 Å². The van der Waals surface area contributed by atoms with Crippen molar-refractivity contribution >= 4 is 11.1 Å². The lowest BCUT2D eigenvalue weighted by Gasteiger charge is -2.19. The highest BCUT2D eigenvalue weighted by molar-refractivity contribution is 5.86. The molecule has 3 aromatic rings. The molecule has 44 heavy (non-hydrogen) atoms. The van der Waals surface area contributed by atoms with E-state index in [-0.39, 0.29) is 18.3 Å². The number of halogens is 12. The van der Waals surface area contributed by atoms with Crippen molar-refractivity contribution in [3.8, 4) is 46.5 Å². The molecule has 0 aliphatic heterocycles. The number of alkyl halides is 12. The van der Waals surface area contributed by atoms with Crippen LogP contribution in [0.1, 0.15) is 22.6 Å². The minimum absolute atomic E-state index is 0.0255. The zero-order valence-electron chi connectivity index (χ0n) is 20.7. The number of hydrogen-bond donors (Lipinski definition) is 0. The first kappa shape index (κ1) is 32.9. The van der Waals surface area contributed by atoms with Gasteiger partial charge in [0, 0.05) is 16.6 Å². The highest BCUT2D eigenvalue weighted by Gasteiger charge is 2.46. The molecule has 1 aromatic carbocycles. The summed E-state index contributed by atoms with van der Waals surface area (Å²) >= 11 is 0. The van der Waals surface area contributed by atoms with Gasteiger partial charge in [-0.2, -0.15) is 73.7 Å². The fourth-order valence-electron chi connectivity index (χ4n) is 3.93. The van der Waals surface area contributed by atoms with Crippen LogP contribution < -0.4 is 10.4 Å². The molecule has 0 radical (unpaired) electrons. The summed E-state index contributed by atoms with van der Waals surface area (Å²) in [6.45, 7) is 0. The Morgan fingerprint density at radius 2 is 0.977 bits per heavy atom. The molecule has 0 fully saturated rings. The van der Waals surface area contributed by atoms with Crippen LogP contribution in [0.3, 0.4) is 0 Å². The first-order valence-corrected chi connectivity index (χ1v) is 11.0. The second-order valence-electron chi connectivity index (χ2n) is 8.34. The molecule has 2 aromatic heterocycles. The van der Waals surface area contributed by atoms with Gasteiger partial charge in [-0.25, -0.2) is 4.98 Å². The summed E-state index contributed by atoms with van der Waals surface area (Å²) in [5.41, 5.74) is -15.9. The van der Waals surface area contributed by atoms with Crippen molar-refractivity contribution in [2.24, 2.45) is 0 Å². The molecular weight excluding hydrogens is 624 g/mol. The van der Waals surface area contributed by atoms with Crippen LogP contribution in [0.15, 0.2) is 36.5 Å². The van der Waals surface area contributed by atoms with E-state index in [0.717, 1.165) is 0 Å². The fraction of sp³-hybridized carbons (Fsp3) is 0.154. The summed E-state index contributed by atoms with van der Waals surface area (Å²) in [4.78, 5) is 5.23. The summed E-state index contributed by atoms with van der Waals surface area (Å²) in [6.07, 6.45) is -22.3. The summed E-state index contributed by atoms with van der Waals surface area (Å²) in [5, 5.41) is 35.9. The monoisotopic (exact) mass is 630 g/mol. The maximum absolute atomic E-state index is 14.1. The molecule has 0 N–H and O–H groups in total. The van der Waals surface area contributed by atoms with Crippen LogP contribution in [0.5, 0.6) is 0 Å². The number of rotatable bonds is 2. The first-order valence-electron chi connectivity index (χ1n) is 11.0. The predicted molar refractivity (Wildman–Crippen MR) is 121 cm³/mol. The smallest absolute Gasteiger partial charge is 0.251 e. The van der Waals surface area contributed by atoms with E-state index in [1.807, 2.05) is 0 Å². The van der Waals surface area contributed by atoms with E-state index in [0.29, 0.717) is 18.2 Å². The van der Waals surface area contributed by atoms with E-state index >= 15 is 0 Å². The topological polar surface area (TPSA) is 121 Å². The molecule has 224 valence electrons. The quantitative estimate of drug-likeness (QED) is 0.308. The van der Waals surface area contributed by atoms with Gasteiger partial charge in [0.2, 0.25) is 0 Å². The van der Waals surface area contributed by atoms with Gasteiger partial charge >= 0.3 is 24.7 Å². The Bertz CT molecular complexity index is 1890. The van der Waals surface area contributed by atoms with Crippen molar-refractivity contribution in [2.75, 3.05) is 0 Å². The van der Waals surface area contributed by atoms with Gasteiger partial charge in [0.1, 0.15) is 46.8 Å². The van der Waals surface area contributed by atoms with Gasteiger partial charge < -0.3 is 0 Å². The summed E-state index contributed by atoms with van der Waals surface area (Å²) in [7, 11) is 0. The molecule has 0 amide bonds. The number of aromatic nitrogens is 2. The maximum atomic E-state index is 14.1. The molecule has 0 unspecified atom stereocenters. The maximum Gasteiger partial charge on any atom is 0.433 e. The Hall–Kier alpha value is -5.62. The van der Waals surface area contributed by atoms with E-state index in [1.165, 1.54) is 24.3 Å². The highest BCUT2D eigenvalue weighted by Crippen LogP contribution is 2.44. The van der Waals surface area contributed by atoms with Gasteiger partial charge in [-0.15, -0.1) is 0 Å². The Labute approximate surface area is 236 Å². The van der Waals surface area contributed by atoms with Crippen LogP contribution in [-0.4, -0.2) is 9.97 Å². The Balaban J connectivity index is 2.77. The molecule has 6 nitrogen and oxygen atoms in total. The third-order valence-electron chi connectivity index (χ3n) is 5.65. The summed E-state index contributed by atoms with van der Waals surface area (Å²) in [5.74, 6) is 0. The Kier molecular flexibility index (Phi) is 8.39. The molecule has 0 aliphatic rings. The van der Waals surface area contributed by atoms with Crippen molar-refractivity contribution in [2.45, 2.75) is 24.7 Å². The average Bonchev–Trinajstić information content (AvgIpc) is 2.92. The van der Waals surface area contributed by atoms with Gasteiger partial charge in [0.15, 0.2) is 5.69 Å². The van der Waals surface area contributed by atoms with Crippen molar-refractivity contribution in [3.63, 3.8) is 0 Å². The zero-order valence-corrected chi connectivity index (χ0v) is 20.7. The van der Waals surface area contributed by atoms with Crippen LogP contribution in [0.2, 0.25) is 0 Å². The second-order valence-corrected chi connectivity index (χ2v) is 8.34. The molecule has 0 bridgehead atoms. The molecule has 2 heterocycles. The molecule has 0 saturated carbocycles. The molecule has 0 atom stereocenters. The van der Waals surface area contributed by atoms with Crippen LogP contribution in [0.25, 0.3) is 33.4 Å². The van der Waals surface area contributed by atoms with Crippen molar-refractivity contribution in [1.29, 1.82) is 21.0 Å². The van der Waals surface area contributed by atoms with Crippen LogP contribution in [-0.2, 0) is 24.7 Å². The molecule has 0 saturated heterocycles. The third-order valence-corrected chi connectivity index (χ3v) is 5.65. The van der Waals surface area contributed by atoms with Gasteiger partial charge in [-0.3, -0.25) is 4.98 Å². The minimum Gasteiger partial charge on any atom is -0.251 e. The normalized spacial score (nSPS) is 12.0. The Morgan fingerprint density at radius 3 is 1.36 bits per heavy atom. The number of pyridine rings is 2. The molecule has 3 rings (SSSR count). The van der Waals surface area contributed by atoms with Crippen molar-refractivity contribution < 1.29 is 52.7 Å². The SMILES string of the molecule is N#CC(C#N)=c1cc(-c2ccnc(C(F)(F)F)c2C(F)(F)F)c(=C(C#N)C#N)cc1-c1cc(C(F)(F)F)nc(C(F)(F)F)c1. The molecule has 0 spiro atoms. The first-order chi connectivity index (χ1) is 20.2. The number of benzene rings is 1. The van der Waals surface area contributed by atoms with Crippen LogP contribution in [0.4, 0.5) is 52.7 Å². The number of hydrogen-bond acceptors (Lipinski definition) is 6. The largest absolute Gasteiger partial charge is 0.433 e. The van der Waals surface area contributed by atoms with E-state index in [9.17, 15) is 73.7 Å². The minimum atomic E-state index is -5.82. The molecular formula is C26H6F12N6. The number of nitriles is 4.